The Kier molecular flexibility index (Phi) is 5.11. The third-order valence-corrected chi connectivity index (χ3v) is 4.01. The molecule has 26 heavy (non-hydrogen) atoms. The van der Waals surface area contributed by atoms with Gasteiger partial charge in [0.05, 0.1) is 32.6 Å². The molecule has 0 radical (unpaired) electrons. The molecule has 0 atom stereocenters. The van der Waals surface area contributed by atoms with Crippen LogP contribution in [0.4, 0.5) is 0 Å². The van der Waals surface area contributed by atoms with E-state index in [4.69, 9.17) is 18.7 Å². The minimum absolute atomic E-state index is 0.424. The summed E-state index contributed by atoms with van der Waals surface area (Å²) in [4.78, 5) is 8.98. The van der Waals surface area contributed by atoms with Crippen molar-refractivity contribution >= 4 is 0 Å². The average molecular weight is 358 g/mol. The highest BCUT2D eigenvalue weighted by Gasteiger charge is 2.21. The van der Waals surface area contributed by atoms with E-state index in [0.717, 1.165) is 17.9 Å². The molecule has 2 heterocycles. The first-order chi connectivity index (χ1) is 12.6. The maximum atomic E-state index is 5.49. The summed E-state index contributed by atoms with van der Waals surface area (Å²) in [7, 11) is 4.69. The zero-order chi connectivity index (χ0) is 18.7. The van der Waals surface area contributed by atoms with Crippen molar-refractivity contribution in [2.75, 3.05) is 21.3 Å². The molecule has 0 saturated carbocycles. The molecule has 138 valence electrons. The van der Waals surface area contributed by atoms with Gasteiger partial charge >= 0.3 is 0 Å². The van der Waals surface area contributed by atoms with Crippen molar-refractivity contribution in [3.63, 3.8) is 0 Å². The first kappa shape index (κ1) is 17.8. The normalized spacial score (nSPS) is 10.8. The van der Waals surface area contributed by atoms with Crippen LogP contribution in [0.25, 0.3) is 11.4 Å². The second-order valence-corrected chi connectivity index (χ2v) is 5.67. The zero-order valence-electron chi connectivity index (χ0n) is 15.6. The van der Waals surface area contributed by atoms with Crippen LogP contribution in [-0.4, -0.2) is 41.0 Å². The van der Waals surface area contributed by atoms with Crippen molar-refractivity contribution < 1.29 is 18.7 Å². The summed E-state index contributed by atoms with van der Waals surface area (Å²) in [5.74, 6) is 3.44. The van der Waals surface area contributed by atoms with Gasteiger partial charge in [0, 0.05) is 12.6 Å². The van der Waals surface area contributed by atoms with Crippen LogP contribution in [0.15, 0.2) is 22.9 Å². The average Bonchev–Trinajstić information content (AvgIpc) is 3.26. The number of methoxy groups -OCH3 is 3. The summed E-state index contributed by atoms with van der Waals surface area (Å²) in [6.07, 6.45) is 2.80. The van der Waals surface area contributed by atoms with Crippen LogP contribution in [-0.2, 0) is 13.0 Å². The minimum Gasteiger partial charge on any atom is -0.493 e. The fraction of sp³-hybridized carbons (Fsp3) is 0.389. The van der Waals surface area contributed by atoms with Gasteiger partial charge in [-0.05, 0) is 19.1 Å². The number of aryl methyl sites for hydroxylation is 2. The highest BCUT2D eigenvalue weighted by molar-refractivity contribution is 5.71. The third kappa shape index (κ3) is 3.22. The predicted molar refractivity (Wildman–Crippen MR) is 94.8 cm³/mol. The first-order valence-corrected chi connectivity index (χ1v) is 8.25. The first-order valence-electron chi connectivity index (χ1n) is 8.25. The van der Waals surface area contributed by atoms with Crippen LogP contribution >= 0.6 is 0 Å². The Morgan fingerprint density at radius 1 is 1.04 bits per heavy atom. The molecule has 8 nitrogen and oxygen atoms in total. The van der Waals surface area contributed by atoms with Gasteiger partial charge in [-0.25, -0.2) is 4.98 Å². The number of hydrogen-bond acceptors (Lipinski definition) is 7. The van der Waals surface area contributed by atoms with Gasteiger partial charge in [-0.15, -0.1) is 0 Å². The fourth-order valence-electron chi connectivity index (χ4n) is 2.87. The summed E-state index contributed by atoms with van der Waals surface area (Å²) >= 11 is 0. The zero-order valence-corrected chi connectivity index (χ0v) is 15.6. The SMILES string of the molecule is CCc1nc(C)cn1Cc1nc(-c2ccc(OC)c(OC)c2OC)no1. The number of aromatic nitrogens is 4. The second-order valence-electron chi connectivity index (χ2n) is 5.67. The molecule has 0 unspecified atom stereocenters. The van der Waals surface area contributed by atoms with Crippen molar-refractivity contribution in [3.05, 3.63) is 35.7 Å². The minimum atomic E-state index is 0.424. The molecule has 2 aromatic heterocycles. The second kappa shape index (κ2) is 7.47. The van der Waals surface area contributed by atoms with Gasteiger partial charge in [-0.3, -0.25) is 0 Å². The molecule has 0 N–H and O–H groups in total. The van der Waals surface area contributed by atoms with Crippen LogP contribution in [0.5, 0.6) is 17.2 Å². The van der Waals surface area contributed by atoms with E-state index in [9.17, 15) is 0 Å². The lowest BCUT2D eigenvalue weighted by atomic mass is 10.1. The number of rotatable bonds is 7. The largest absolute Gasteiger partial charge is 0.493 e. The molecule has 0 bridgehead atoms. The number of hydrogen-bond donors (Lipinski definition) is 0. The van der Waals surface area contributed by atoms with Crippen LogP contribution in [0, 0.1) is 6.92 Å². The lowest BCUT2D eigenvalue weighted by Crippen LogP contribution is -2.03. The van der Waals surface area contributed by atoms with Crippen molar-refractivity contribution in [3.8, 4) is 28.6 Å². The van der Waals surface area contributed by atoms with Gasteiger partial charge < -0.3 is 23.3 Å². The standard InChI is InChI=1S/C18H22N4O4/c1-6-14-19-11(2)9-22(14)10-15-20-18(21-26-15)12-7-8-13(23-3)17(25-5)16(12)24-4/h7-9H,6,10H2,1-5H3. The predicted octanol–water partition coefficient (Wildman–Crippen LogP) is 2.88. The van der Waals surface area contributed by atoms with Crippen molar-refractivity contribution in [1.82, 2.24) is 19.7 Å². The van der Waals surface area contributed by atoms with Gasteiger partial charge in [-0.2, -0.15) is 4.98 Å². The maximum absolute atomic E-state index is 5.49. The molecule has 3 rings (SSSR count). The van der Waals surface area contributed by atoms with E-state index in [1.54, 1.807) is 27.4 Å². The Morgan fingerprint density at radius 2 is 1.81 bits per heavy atom. The monoisotopic (exact) mass is 358 g/mol. The Balaban J connectivity index is 1.95. The third-order valence-electron chi connectivity index (χ3n) is 4.01. The summed E-state index contributed by atoms with van der Waals surface area (Å²) < 4.78 is 23.6. The molecule has 1 aromatic carbocycles. The van der Waals surface area contributed by atoms with E-state index in [0.29, 0.717) is 41.1 Å². The van der Waals surface area contributed by atoms with E-state index in [1.807, 2.05) is 23.8 Å². The Morgan fingerprint density at radius 3 is 2.46 bits per heavy atom. The summed E-state index contributed by atoms with van der Waals surface area (Å²) in [6, 6.07) is 3.59. The van der Waals surface area contributed by atoms with Gasteiger partial charge in [0.1, 0.15) is 12.4 Å². The molecule has 0 amide bonds. The molecule has 3 aromatic rings. The topological polar surface area (TPSA) is 84.4 Å². The smallest absolute Gasteiger partial charge is 0.246 e. The van der Waals surface area contributed by atoms with Gasteiger partial charge in [-0.1, -0.05) is 12.1 Å². The van der Waals surface area contributed by atoms with Gasteiger partial charge in [0.15, 0.2) is 11.5 Å². The van der Waals surface area contributed by atoms with E-state index in [1.165, 1.54) is 0 Å². The van der Waals surface area contributed by atoms with Crippen LogP contribution in [0.3, 0.4) is 0 Å². The number of imidazole rings is 1. The van der Waals surface area contributed by atoms with Gasteiger partial charge in [0.2, 0.25) is 17.5 Å². The fourth-order valence-corrected chi connectivity index (χ4v) is 2.87. The molecule has 0 aliphatic rings. The van der Waals surface area contributed by atoms with Crippen molar-refractivity contribution in [1.29, 1.82) is 0 Å². The van der Waals surface area contributed by atoms with E-state index < -0.39 is 0 Å². The summed E-state index contributed by atoms with van der Waals surface area (Å²) in [5, 5.41) is 4.09. The lowest BCUT2D eigenvalue weighted by Gasteiger charge is -2.13. The van der Waals surface area contributed by atoms with Crippen LogP contribution < -0.4 is 14.2 Å². The Hall–Kier alpha value is -3.03. The molecule has 0 spiro atoms. The van der Waals surface area contributed by atoms with E-state index >= 15 is 0 Å². The molecular weight excluding hydrogens is 336 g/mol. The summed E-state index contributed by atoms with van der Waals surface area (Å²) in [5.41, 5.74) is 1.63. The number of ether oxygens (including phenoxy) is 3. The van der Waals surface area contributed by atoms with Crippen molar-refractivity contribution in [2.24, 2.45) is 0 Å². The maximum Gasteiger partial charge on any atom is 0.246 e. The van der Waals surface area contributed by atoms with E-state index in [2.05, 4.69) is 22.0 Å². The van der Waals surface area contributed by atoms with Crippen LogP contribution in [0.2, 0.25) is 0 Å². The molecule has 0 aliphatic heterocycles. The molecular formula is C18H22N4O4. The highest BCUT2D eigenvalue weighted by atomic mass is 16.5. The molecule has 0 fully saturated rings. The Labute approximate surface area is 151 Å². The summed E-state index contributed by atoms with van der Waals surface area (Å²) in [6.45, 7) is 4.49. The number of nitrogens with zero attached hydrogens (tertiary/aromatic N) is 4. The quantitative estimate of drug-likeness (QED) is 0.642. The van der Waals surface area contributed by atoms with Gasteiger partial charge in [0.25, 0.3) is 0 Å². The molecule has 0 aliphatic carbocycles. The van der Waals surface area contributed by atoms with Crippen molar-refractivity contribution in [2.45, 2.75) is 26.8 Å². The Bertz CT molecular complexity index is 901. The number of benzene rings is 1. The van der Waals surface area contributed by atoms with Crippen LogP contribution in [0.1, 0.15) is 24.3 Å². The lowest BCUT2D eigenvalue weighted by molar-refractivity contribution is 0.325. The van der Waals surface area contributed by atoms with E-state index in [-0.39, 0.29) is 0 Å². The molecule has 0 saturated heterocycles. The molecule has 8 heteroatoms. The highest BCUT2D eigenvalue weighted by Crippen LogP contribution is 2.43.